The van der Waals surface area contributed by atoms with Gasteiger partial charge in [0.25, 0.3) is 5.91 Å². The largest absolute Gasteiger partial charge is 0.380 e. The van der Waals surface area contributed by atoms with Crippen LogP contribution in [-0.4, -0.2) is 16.8 Å². The van der Waals surface area contributed by atoms with Crippen molar-refractivity contribution in [2.24, 2.45) is 11.5 Å². The highest BCUT2D eigenvalue weighted by Crippen LogP contribution is 2.19. The standard InChI is InChI=1S/C14H13ClN4O2/c15-12-5-11(10(7-19-12)14(17)21)18-6-8-2-1-3-9(4-8)13(16)20/h1-5,7H,6H2,(H2,16,20)(H2,17,21)(H,18,19). The Bertz CT molecular complexity index is 703. The zero-order chi connectivity index (χ0) is 15.4. The Morgan fingerprint density at radius 2 is 1.95 bits per heavy atom. The summed E-state index contributed by atoms with van der Waals surface area (Å²) in [5, 5.41) is 3.28. The third kappa shape index (κ3) is 3.70. The normalized spacial score (nSPS) is 10.1. The van der Waals surface area contributed by atoms with Gasteiger partial charge < -0.3 is 16.8 Å². The monoisotopic (exact) mass is 304 g/mol. The summed E-state index contributed by atoms with van der Waals surface area (Å²) in [6.07, 6.45) is 1.31. The number of nitrogens with zero attached hydrogens (tertiary/aromatic N) is 1. The molecule has 1 heterocycles. The number of pyridine rings is 1. The van der Waals surface area contributed by atoms with Gasteiger partial charge in [-0.2, -0.15) is 0 Å². The van der Waals surface area contributed by atoms with Gasteiger partial charge in [-0.25, -0.2) is 4.98 Å². The summed E-state index contributed by atoms with van der Waals surface area (Å²) in [6, 6.07) is 8.36. The summed E-state index contributed by atoms with van der Waals surface area (Å²) in [5.74, 6) is -1.10. The van der Waals surface area contributed by atoms with Crippen molar-refractivity contribution in [1.29, 1.82) is 0 Å². The first-order chi connectivity index (χ1) is 9.97. The Labute approximate surface area is 126 Å². The van der Waals surface area contributed by atoms with Crippen LogP contribution in [0, 0.1) is 0 Å². The summed E-state index contributed by atoms with van der Waals surface area (Å²) in [6.45, 7) is 0.377. The summed E-state index contributed by atoms with van der Waals surface area (Å²) in [7, 11) is 0. The number of nitrogens with one attached hydrogen (secondary N) is 1. The Morgan fingerprint density at radius 3 is 2.62 bits per heavy atom. The maximum Gasteiger partial charge on any atom is 0.252 e. The van der Waals surface area contributed by atoms with E-state index in [4.69, 9.17) is 23.1 Å². The highest BCUT2D eigenvalue weighted by molar-refractivity contribution is 6.29. The maximum atomic E-state index is 11.3. The molecule has 21 heavy (non-hydrogen) atoms. The van der Waals surface area contributed by atoms with E-state index in [1.54, 1.807) is 18.2 Å². The number of carbonyl (C=O) groups is 2. The van der Waals surface area contributed by atoms with E-state index in [2.05, 4.69) is 10.3 Å². The van der Waals surface area contributed by atoms with Crippen LogP contribution in [0.3, 0.4) is 0 Å². The van der Waals surface area contributed by atoms with Gasteiger partial charge in [0, 0.05) is 18.3 Å². The zero-order valence-corrected chi connectivity index (χ0v) is 11.7. The first kappa shape index (κ1) is 14.8. The number of rotatable bonds is 5. The lowest BCUT2D eigenvalue weighted by Gasteiger charge is -2.10. The molecule has 0 saturated carbocycles. The highest BCUT2D eigenvalue weighted by atomic mass is 35.5. The third-order valence-electron chi connectivity index (χ3n) is 2.83. The highest BCUT2D eigenvalue weighted by Gasteiger charge is 2.10. The van der Waals surface area contributed by atoms with E-state index in [0.717, 1.165) is 5.56 Å². The minimum Gasteiger partial charge on any atom is -0.380 e. The van der Waals surface area contributed by atoms with Crippen LogP contribution in [0.2, 0.25) is 5.15 Å². The first-order valence-corrected chi connectivity index (χ1v) is 6.43. The minimum absolute atomic E-state index is 0.241. The fraction of sp³-hybridized carbons (Fsp3) is 0.0714. The predicted molar refractivity (Wildman–Crippen MR) is 80.1 cm³/mol. The van der Waals surface area contributed by atoms with Crippen LogP contribution < -0.4 is 16.8 Å². The number of amides is 2. The molecule has 0 aliphatic heterocycles. The van der Waals surface area contributed by atoms with Gasteiger partial charge in [-0.1, -0.05) is 23.7 Å². The predicted octanol–water partition coefficient (Wildman–Crippen LogP) is 1.54. The summed E-state index contributed by atoms with van der Waals surface area (Å²) < 4.78 is 0. The number of primary amides is 2. The number of nitrogens with two attached hydrogens (primary N) is 2. The molecule has 0 aliphatic carbocycles. The van der Waals surface area contributed by atoms with Crippen molar-refractivity contribution in [3.63, 3.8) is 0 Å². The average Bonchev–Trinajstić information content (AvgIpc) is 2.45. The molecular weight excluding hydrogens is 292 g/mol. The van der Waals surface area contributed by atoms with E-state index in [1.165, 1.54) is 12.3 Å². The van der Waals surface area contributed by atoms with Crippen LogP contribution in [-0.2, 0) is 6.54 Å². The number of halogens is 1. The van der Waals surface area contributed by atoms with Crippen molar-refractivity contribution in [1.82, 2.24) is 4.98 Å². The second-order valence-corrected chi connectivity index (χ2v) is 4.72. The summed E-state index contributed by atoms with van der Waals surface area (Å²) in [5.41, 5.74) is 12.5. The molecule has 2 rings (SSSR count). The van der Waals surface area contributed by atoms with E-state index >= 15 is 0 Å². The van der Waals surface area contributed by atoms with Gasteiger partial charge >= 0.3 is 0 Å². The minimum atomic E-state index is -0.604. The quantitative estimate of drug-likeness (QED) is 0.727. The second kappa shape index (κ2) is 6.23. The van der Waals surface area contributed by atoms with Gasteiger partial charge in [-0.3, -0.25) is 9.59 Å². The smallest absolute Gasteiger partial charge is 0.252 e. The van der Waals surface area contributed by atoms with Crippen molar-refractivity contribution >= 4 is 29.1 Å². The Balaban J connectivity index is 2.20. The molecule has 0 atom stereocenters. The van der Waals surface area contributed by atoms with Gasteiger partial charge in [-0.05, 0) is 23.8 Å². The first-order valence-electron chi connectivity index (χ1n) is 6.05. The topological polar surface area (TPSA) is 111 Å². The van der Waals surface area contributed by atoms with Crippen molar-refractivity contribution in [2.45, 2.75) is 6.54 Å². The lowest BCUT2D eigenvalue weighted by Crippen LogP contribution is -2.15. The van der Waals surface area contributed by atoms with Crippen LogP contribution in [0.25, 0.3) is 0 Å². The fourth-order valence-corrected chi connectivity index (χ4v) is 1.96. The molecule has 0 unspecified atom stereocenters. The molecule has 108 valence electrons. The van der Waals surface area contributed by atoms with Crippen molar-refractivity contribution in [3.8, 4) is 0 Å². The molecule has 1 aromatic heterocycles. The average molecular weight is 305 g/mol. The van der Waals surface area contributed by atoms with Crippen LogP contribution in [0.1, 0.15) is 26.3 Å². The van der Waals surface area contributed by atoms with Crippen molar-refractivity contribution in [2.75, 3.05) is 5.32 Å². The van der Waals surface area contributed by atoms with Crippen LogP contribution >= 0.6 is 11.6 Å². The molecule has 0 aliphatic rings. The van der Waals surface area contributed by atoms with Gasteiger partial charge in [0.2, 0.25) is 5.91 Å². The number of anilines is 1. The van der Waals surface area contributed by atoms with Gasteiger partial charge in [0.05, 0.1) is 11.3 Å². The van der Waals surface area contributed by atoms with Crippen LogP contribution in [0.4, 0.5) is 5.69 Å². The van der Waals surface area contributed by atoms with Crippen LogP contribution in [0.5, 0.6) is 0 Å². The SMILES string of the molecule is NC(=O)c1cccc(CNc2cc(Cl)ncc2C(N)=O)c1. The molecular formula is C14H13ClN4O2. The number of benzene rings is 1. The number of aromatic nitrogens is 1. The van der Waals surface area contributed by atoms with Gasteiger partial charge in [0.15, 0.2) is 0 Å². The lowest BCUT2D eigenvalue weighted by molar-refractivity contribution is 0.0992. The molecule has 5 N–H and O–H groups in total. The maximum absolute atomic E-state index is 11.3. The Kier molecular flexibility index (Phi) is 4.39. The van der Waals surface area contributed by atoms with E-state index in [1.807, 2.05) is 6.07 Å². The number of hydrogen-bond donors (Lipinski definition) is 3. The van der Waals surface area contributed by atoms with E-state index in [-0.39, 0.29) is 10.7 Å². The van der Waals surface area contributed by atoms with E-state index in [0.29, 0.717) is 17.8 Å². The Morgan fingerprint density at radius 1 is 1.19 bits per heavy atom. The lowest BCUT2D eigenvalue weighted by atomic mass is 10.1. The van der Waals surface area contributed by atoms with Crippen LogP contribution in [0.15, 0.2) is 36.5 Å². The molecule has 7 heteroatoms. The second-order valence-electron chi connectivity index (χ2n) is 4.34. The molecule has 0 spiro atoms. The van der Waals surface area contributed by atoms with Gasteiger partial charge in [-0.15, -0.1) is 0 Å². The van der Waals surface area contributed by atoms with Crippen molar-refractivity contribution < 1.29 is 9.59 Å². The van der Waals surface area contributed by atoms with Gasteiger partial charge in [0.1, 0.15) is 5.15 Å². The number of carbonyl (C=O) groups excluding carboxylic acids is 2. The summed E-state index contributed by atoms with van der Waals surface area (Å²) >= 11 is 5.81. The molecule has 0 bridgehead atoms. The number of hydrogen-bond acceptors (Lipinski definition) is 4. The molecule has 1 aromatic carbocycles. The molecule has 0 radical (unpaired) electrons. The molecule has 6 nitrogen and oxygen atoms in total. The molecule has 2 aromatic rings. The Hall–Kier alpha value is -2.60. The zero-order valence-electron chi connectivity index (χ0n) is 11.0. The molecule has 0 fully saturated rings. The molecule has 0 saturated heterocycles. The third-order valence-corrected chi connectivity index (χ3v) is 3.04. The van der Waals surface area contributed by atoms with E-state index < -0.39 is 11.8 Å². The fourth-order valence-electron chi connectivity index (χ4n) is 1.80. The molecule has 2 amide bonds. The van der Waals surface area contributed by atoms with E-state index in [9.17, 15) is 9.59 Å². The van der Waals surface area contributed by atoms with Crippen molar-refractivity contribution in [3.05, 3.63) is 58.4 Å². The summed E-state index contributed by atoms with van der Waals surface area (Å²) in [4.78, 5) is 26.3.